The van der Waals surface area contributed by atoms with Gasteiger partial charge in [-0.25, -0.2) is 4.79 Å². The van der Waals surface area contributed by atoms with E-state index in [4.69, 9.17) is 14.0 Å². The van der Waals surface area contributed by atoms with E-state index < -0.39 is 11.6 Å². The zero-order valence-corrected chi connectivity index (χ0v) is 15.7. The summed E-state index contributed by atoms with van der Waals surface area (Å²) in [6, 6.07) is 12.1. The van der Waals surface area contributed by atoms with Gasteiger partial charge in [0.2, 0.25) is 5.82 Å². The van der Waals surface area contributed by atoms with Crippen molar-refractivity contribution in [2.24, 2.45) is 0 Å². The number of hydrogen-bond donors (Lipinski definition) is 0. The molecule has 0 fully saturated rings. The van der Waals surface area contributed by atoms with Crippen LogP contribution < -0.4 is 4.74 Å². The number of hydrogen-bond acceptors (Lipinski definition) is 8. The molecule has 0 aliphatic heterocycles. The Kier molecular flexibility index (Phi) is 5.36. The molecule has 2 aromatic heterocycles. The third-order valence-electron chi connectivity index (χ3n) is 3.38. The average molecular weight is 378 g/mol. The van der Waals surface area contributed by atoms with Crippen LogP contribution in [0.1, 0.15) is 26.3 Å². The van der Waals surface area contributed by atoms with Crippen LogP contribution in [-0.4, -0.2) is 33.3 Å². The van der Waals surface area contributed by atoms with Crippen LogP contribution in [0.15, 0.2) is 47.1 Å². The van der Waals surface area contributed by atoms with Gasteiger partial charge in [0.15, 0.2) is 6.61 Å². The first-order chi connectivity index (χ1) is 13.3. The lowest BCUT2D eigenvalue weighted by Gasteiger charge is -2.19. The normalized spacial score (nSPS) is 10.9. The minimum atomic E-state index is -0.605. The van der Waals surface area contributed by atoms with E-state index in [0.717, 1.165) is 0 Å². The van der Waals surface area contributed by atoms with Gasteiger partial charge in [0, 0.05) is 11.8 Å². The average Bonchev–Trinajstić information content (AvgIpc) is 3.16. The minimum Gasteiger partial charge on any atom is -0.482 e. The van der Waals surface area contributed by atoms with Crippen molar-refractivity contribution in [2.75, 3.05) is 6.61 Å². The van der Waals surface area contributed by atoms with Crippen LogP contribution in [0.5, 0.6) is 5.75 Å². The first-order valence-electron chi connectivity index (χ1n) is 8.49. The van der Waals surface area contributed by atoms with Crippen LogP contribution in [0.2, 0.25) is 0 Å². The molecule has 3 rings (SSSR count). The number of aromatic nitrogens is 3. The van der Waals surface area contributed by atoms with Gasteiger partial charge in [0.05, 0.1) is 11.6 Å². The molecule has 28 heavy (non-hydrogen) atoms. The number of nitrogens with zero attached hydrogens (tertiary/aromatic N) is 4. The molecule has 0 radical (unpaired) electrons. The van der Waals surface area contributed by atoms with Gasteiger partial charge in [-0.3, -0.25) is 4.98 Å². The van der Waals surface area contributed by atoms with Gasteiger partial charge >= 0.3 is 5.97 Å². The van der Waals surface area contributed by atoms with E-state index in [1.807, 2.05) is 12.1 Å². The zero-order chi connectivity index (χ0) is 20.1. The summed E-state index contributed by atoms with van der Waals surface area (Å²) < 4.78 is 16.0. The van der Waals surface area contributed by atoms with Crippen molar-refractivity contribution in [2.45, 2.75) is 26.4 Å². The van der Waals surface area contributed by atoms with Crippen molar-refractivity contribution in [3.8, 4) is 34.8 Å². The summed E-state index contributed by atoms with van der Waals surface area (Å²) in [4.78, 5) is 20.3. The minimum absolute atomic E-state index is 0.208. The zero-order valence-electron chi connectivity index (χ0n) is 15.7. The van der Waals surface area contributed by atoms with Gasteiger partial charge in [-0.05, 0) is 51.1 Å². The highest BCUT2D eigenvalue weighted by Gasteiger charge is 2.18. The molecule has 0 aliphatic carbocycles. The Balaban J connectivity index is 1.81. The van der Waals surface area contributed by atoms with E-state index in [1.54, 1.807) is 51.2 Å². The molecule has 0 saturated heterocycles. The maximum absolute atomic E-state index is 11.8. The Morgan fingerprint density at radius 1 is 1.25 bits per heavy atom. The van der Waals surface area contributed by atoms with E-state index in [1.165, 1.54) is 6.07 Å². The SMILES string of the molecule is CC(C)(C)OC(=O)COc1cc(C#N)cc(-c2nc(-c3ccccn3)no2)c1. The maximum Gasteiger partial charge on any atom is 0.344 e. The Bertz CT molecular complexity index is 1020. The fraction of sp³-hybridized carbons (Fsp3) is 0.250. The lowest BCUT2D eigenvalue weighted by atomic mass is 10.1. The molecule has 0 bridgehead atoms. The Morgan fingerprint density at radius 2 is 2.07 bits per heavy atom. The van der Waals surface area contributed by atoms with Crippen LogP contribution in [0.3, 0.4) is 0 Å². The van der Waals surface area contributed by atoms with Crippen LogP contribution in [0, 0.1) is 11.3 Å². The monoisotopic (exact) mass is 378 g/mol. The summed E-state index contributed by atoms with van der Waals surface area (Å²) in [5.41, 5.74) is 0.781. The second kappa shape index (κ2) is 7.88. The number of carbonyl (C=O) groups is 1. The van der Waals surface area contributed by atoms with Gasteiger partial charge in [-0.1, -0.05) is 11.2 Å². The highest BCUT2D eigenvalue weighted by Crippen LogP contribution is 2.26. The molecular formula is C20H18N4O4. The topological polar surface area (TPSA) is 111 Å². The second-order valence-corrected chi connectivity index (χ2v) is 6.87. The maximum atomic E-state index is 11.8. The largest absolute Gasteiger partial charge is 0.482 e. The summed E-state index contributed by atoms with van der Waals surface area (Å²) in [6.07, 6.45) is 1.63. The van der Waals surface area contributed by atoms with Crippen molar-refractivity contribution in [1.82, 2.24) is 15.1 Å². The van der Waals surface area contributed by atoms with Gasteiger partial charge < -0.3 is 14.0 Å². The van der Waals surface area contributed by atoms with E-state index in [9.17, 15) is 10.1 Å². The summed E-state index contributed by atoms with van der Waals surface area (Å²) in [5.74, 6) is 0.346. The lowest BCUT2D eigenvalue weighted by molar-refractivity contribution is -0.157. The van der Waals surface area contributed by atoms with Crippen molar-refractivity contribution in [3.63, 3.8) is 0 Å². The number of benzene rings is 1. The molecule has 3 aromatic rings. The quantitative estimate of drug-likeness (QED) is 0.621. The molecule has 8 heteroatoms. The summed E-state index contributed by atoms with van der Waals surface area (Å²) in [7, 11) is 0. The smallest absolute Gasteiger partial charge is 0.344 e. The van der Waals surface area contributed by atoms with Gasteiger partial charge in [-0.2, -0.15) is 10.2 Å². The van der Waals surface area contributed by atoms with Gasteiger partial charge in [-0.15, -0.1) is 0 Å². The van der Waals surface area contributed by atoms with Crippen molar-refractivity contribution < 1.29 is 18.8 Å². The fourth-order valence-electron chi connectivity index (χ4n) is 2.32. The van der Waals surface area contributed by atoms with Crippen LogP contribution in [0.4, 0.5) is 0 Å². The van der Waals surface area contributed by atoms with Gasteiger partial charge in [0.1, 0.15) is 17.0 Å². The third-order valence-corrected chi connectivity index (χ3v) is 3.38. The van der Waals surface area contributed by atoms with Crippen LogP contribution in [0.25, 0.3) is 23.0 Å². The number of carbonyl (C=O) groups excluding carboxylic acids is 1. The lowest BCUT2D eigenvalue weighted by Crippen LogP contribution is -2.27. The number of esters is 1. The molecule has 0 unspecified atom stereocenters. The molecule has 142 valence electrons. The Morgan fingerprint density at radius 3 is 2.75 bits per heavy atom. The standard InChI is InChI=1S/C20H18N4O4/c1-20(2,3)27-17(25)12-26-15-9-13(11-21)8-14(10-15)19-23-18(24-28-19)16-6-4-5-7-22-16/h4-10H,12H2,1-3H3. The predicted molar refractivity (Wildman–Crippen MR) is 99.0 cm³/mol. The molecular weight excluding hydrogens is 360 g/mol. The van der Waals surface area contributed by atoms with Crippen LogP contribution in [-0.2, 0) is 9.53 Å². The molecule has 8 nitrogen and oxygen atoms in total. The molecule has 0 N–H and O–H groups in total. The highest BCUT2D eigenvalue weighted by atomic mass is 16.6. The summed E-state index contributed by atoms with van der Waals surface area (Å²) in [6.45, 7) is 5.03. The molecule has 0 atom stereocenters. The van der Waals surface area contributed by atoms with Crippen molar-refractivity contribution in [3.05, 3.63) is 48.2 Å². The summed E-state index contributed by atoms with van der Waals surface area (Å²) in [5, 5.41) is 13.2. The number of ether oxygens (including phenoxy) is 2. The first kappa shape index (κ1) is 19.0. The molecule has 1 aromatic carbocycles. The van der Waals surface area contributed by atoms with Crippen molar-refractivity contribution >= 4 is 5.97 Å². The van der Waals surface area contributed by atoms with E-state index in [2.05, 4.69) is 15.1 Å². The highest BCUT2D eigenvalue weighted by molar-refractivity contribution is 5.72. The molecule has 0 amide bonds. The van der Waals surface area contributed by atoms with Gasteiger partial charge in [0.25, 0.3) is 5.89 Å². The number of rotatable bonds is 5. The first-order valence-corrected chi connectivity index (χ1v) is 8.49. The number of pyridine rings is 1. The fourth-order valence-corrected chi connectivity index (χ4v) is 2.32. The predicted octanol–water partition coefficient (Wildman–Crippen LogP) is 3.39. The third kappa shape index (κ3) is 4.92. The van der Waals surface area contributed by atoms with E-state index in [0.29, 0.717) is 28.4 Å². The van der Waals surface area contributed by atoms with Crippen molar-refractivity contribution in [1.29, 1.82) is 5.26 Å². The molecule has 0 saturated carbocycles. The molecule has 0 spiro atoms. The molecule has 2 heterocycles. The van der Waals surface area contributed by atoms with E-state index >= 15 is 0 Å². The number of nitriles is 1. The second-order valence-electron chi connectivity index (χ2n) is 6.87. The van der Waals surface area contributed by atoms with E-state index in [-0.39, 0.29) is 12.5 Å². The van der Waals surface area contributed by atoms with Crippen LogP contribution >= 0.6 is 0 Å². The Hall–Kier alpha value is -3.73. The summed E-state index contributed by atoms with van der Waals surface area (Å²) >= 11 is 0. The Labute approximate surface area is 161 Å². The molecule has 0 aliphatic rings.